The Balaban J connectivity index is 0.000000191. The second-order valence-electron chi connectivity index (χ2n) is 4.89. The van der Waals surface area contributed by atoms with Gasteiger partial charge in [-0.3, -0.25) is 4.79 Å². The van der Waals surface area contributed by atoms with Crippen LogP contribution >= 0.6 is 0 Å². The Bertz CT molecular complexity index is 520. The van der Waals surface area contributed by atoms with Gasteiger partial charge in [-0.25, -0.2) is 16.8 Å². The monoisotopic (exact) mass is 314 g/mol. The lowest BCUT2D eigenvalue weighted by atomic mass is 10.1. The maximum Gasteiger partial charge on any atom is 0.307 e. The second kappa shape index (κ2) is 6.19. The zero-order chi connectivity index (χ0) is 14.7. The minimum absolute atomic E-state index is 0.00926. The number of aliphatic hydroxyl groups excluding tert-OH is 1. The van der Waals surface area contributed by atoms with Crippen molar-refractivity contribution in [1.82, 2.24) is 0 Å². The molecule has 0 bridgehead atoms. The fraction of sp³-hybridized carbons (Fsp3) is 0.900. The van der Waals surface area contributed by atoms with Crippen LogP contribution in [0.4, 0.5) is 0 Å². The van der Waals surface area contributed by atoms with Crippen molar-refractivity contribution in [2.75, 3.05) is 29.6 Å². The highest BCUT2D eigenvalue weighted by Gasteiger charge is 2.32. The van der Waals surface area contributed by atoms with Crippen LogP contribution in [0.1, 0.15) is 12.8 Å². The van der Waals surface area contributed by atoms with Gasteiger partial charge >= 0.3 is 5.97 Å². The van der Waals surface area contributed by atoms with E-state index in [4.69, 9.17) is 10.2 Å². The molecule has 2 rings (SSSR count). The lowest BCUT2D eigenvalue weighted by molar-refractivity contribution is -0.140. The van der Waals surface area contributed by atoms with E-state index in [1.54, 1.807) is 0 Å². The second-order valence-corrected chi connectivity index (χ2v) is 9.35. The lowest BCUT2D eigenvalue weighted by Crippen LogP contribution is -2.14. The fourth-order valence-electron chi connectivity index (χ4n) is 2.01. The van der Waals surface area contributed by atoms with Gasteiger partial charge in [0.2, 0.25) is 0 Å². The van der Waals surface area contributed by atoms with E-state index in [0.717, 1.165) is 0 Å². The summed E-state index contributed by atoms with van der Waals surface area (Å²) < 4.78 is 42.7. The van der Waals surface area contributed by atoms with Crippen molar-refractivity contribution in [1.29, 1.82) is 0 Å². The molecule has 2 unspecified atom stereocenters. The number of hydrogen-bond acceptors (Lipinski definition) is 6. The molecule has 0 radical (unpaired) electrons. The van der Waals surface area contributed by atoms with Crippen LogP contribution in [0.3, 0.4) is 0 Å². The van der Waals surface area contributed by atoms with Crippen LogP contribution in [-0.2, 0) is 24.5 Å². The van der Waals surface area contributed by atoms with E-state index < -0.39 is 31.6 Å². The summed E-state index contributed by atoms with van der Waals surface area (Å²) in [6.45, 7) is 0.0131. The molecule has 19 heavy (non-hydrogen) atoms. The van der Waals surface area contributed by atoms with E-state index in [9.17, 15) is 21.6 Å². The van der Waals surface area contributed by atoms with Crippen molar-refractivity contribution in [3.63, 3.8) is 0 Å². The molecule has 0 aliphatic carbocycles. The molecule has 0 spiro atoms. The highest BCUT2D eigenvalue weighted by molar-refractivity contribution is 7.91. The Kier molecular flexibility index (Phi) is 5.34. The van der Waals surface area contributed by atoms with Crippen LogP contribution in [0.5, 0.6) is 0 Å². The molecule has 0 amide bonds. The van der Waals surface area contributed by atoms with Crippen molar-refractivity contribution < 1.29 is 31.8 Å². The number of hydrogen-bond donors (Lipinski definition) is 2. The summed E-state index contributed by atoms with van der Waals surface area (Å²) in [6, 6.07) is 0. The van der Waals surface area contributed by atoms with Gasteiger partial charge in [0.15, 0.2) is 19.7 Å². The number of aliphatic hydroxyl groups is 1. The number of aliphatic carboxylic acids is 1. The van der Waals surface area contributed by atoms with E-state index in [1.165, 1.54) is 0 Å². The van der Waals surface area contributed by atoms with Crippen LogP contribution in [-0.4, -0.2) is 62.6 Å². The Labute approximate surface area is 112 Å². The molecule has 0 aromatic heterocycles. The van der Waals surface area contributed by atoms with Gasteiger partial charge in [0.1, 0.15) is 0 Å². The van der Waals surface area contributed by atoms with Crippen LogP contribution in [0.25, 0.3) is 0 Å². The number of carboxylic acids is 1. The molecule has 112 valence electrons. The Morgan fingerprint density at radius 2 is 1.53 bits per heavy atom. The topological polar surface area (TPSA) is 126 Å². The molecular formula is C10H18O7S2. The van der Waals surface area contributed by atoms with Crippen molar-refractivity contribution in [3.8, 4) is 0 Å². The fourth-order valence-corrected chi connectivity index (χ4v) is 5.59. The Morgan fingerprint density at radius 1 is 1.00 bits per heavy atom. The van der Waals surface area contributed by atoms with E-state index in [2.05, 4.69) is 0 Å². The molecule has 2 N–H and O–H groups in total. The summed E-state index contributed by atoms with van der Waals surface area (Å²) >= 11 is 0. The predicted molar refractivity (Wildman–Crippen MR) is 68.2 cm³/mol. The minimum atomic E-state index is -3.02. The highest BCUT2D eigenvalue weighted by Crippen LogP contribution is 2.18. The van der Waals surface area contributed by atoms with Gasteiger partial charge in [0.05, 0.1) is 28.9 Å². The van der Waals surface area contributed by atoms with Gasteiger partial charge in [0.25, 0.3) is 0 Å². The molecular weight excluding hydrogens is 296 g/mol. The van der Waals surface area contributed by atoms with Gasteiger partial charge in [-0.05, 0) is 18.8 Å². The number of carbonyl (C=O) groups is 1. The summed E-state index contributed by atoms with van der Waals surface area (Å²) in [5, 5.41) is 16.9. The number of rotatable bonds is 2. The maximum atomic E-state index is 10.7. The molecule has 0 aromatic rings. The molecule has 0 aromatic carbocycles. The van der Waals surface area contributed by atoms with Crippen molar-refractivity contribution >= 4 is 25.6 Å². The lowest BCUT2D eigenvalue weighted by Gasteiger charge is -1.97. The standard InChI is InChI=1S/C5H8O4S.C5H10O3S/c6-5(7)4-1-2-10(8,9)3-4;6-3-5-1-2-9(7,8)4-5/h4H,1-3H2,(H,6,7);5-6H,1-4H2. The molecule has 2 atom stereocenters. The van der Waals surface area contributed by atoms with Crippen molar-refractivity contribution in [3.05, 3.63) is 0 Å². The van der Waals surface area contributed by atoms with E-state index >= 15 is 0 Å². The third-order valence-electron chi connectivity index (χ3n) is 3.17. The quantitative estimate of drug-likeness (QED) is 0.664. The van der Waals surface area contributed by atoms with E-state index in [1.807, 2.05) is 0 Å². The normalized spacial score (nSPS) is 31.4. The summed E-state index contributed by atoms with van der Waals surface area (Å²) in [5.74, 6) is -1.35. The summed E-state index contributed by atoms with van der Waals surface area (Å²) in [4.78, 5) is 10.2. The van der Waals surface area contributed by atoms with Gasteiger partial charge in [0, 0.05) is 6.61 Å². The zero-order valence-electron chi connectivity index (χ0n) is 10.4. The number of carboxylic acid groups (broad SMARTS) is 1. The summed E-state index contributed by atoms with van der Waals surface area (Å²) in [7, 11) is -5.79. The molecule has 9 heteroatoms. The minimum Gasteiger partial charge on any atom is -0.481 e. The largest absolute Gasteiger partial charge is 0.481 e. The first-order valence-corrected chi connectivity index (χ1v) is 9.54. The molecule has 7 nitrogen and oxygen atoms in total. The van der Waals surface area contributed by atoms with E-state index in [-0.39, 0.29) is 42.0 Å². The van der Waals surface area contributed by atoms with Gasteiger partial charge in [-0.1, -0.05) is 0 Å². The highest BCUT2D eigenvalue weighted by atomic mass is 32.2. The molecule has 2 aliphatic heterocycles. The van der Waals surface area contributed by atoms with Gasteiger partial charge in [-0.2, -0.15) is 0 Å². The Morgan fingerprint density at radius 3 is 1.74 bits per heavy atom. The first-order valence-electron chi connectivity index (χ1n) is 5.90. The van der Waals surface area contributed by atoms with E-state index in [0.29, 0.717) is 6.42 Å². The molecule has 0 saturated carbocycles. The van der Waals surface area contributed by atoms with Crippen LogP contribution in [0, 0.1) is 11.8 Å². The first kappa shape index (κ1) is 16.4. The average molecular weight is 314 g/mol. The summed E-state index contributed by atoms with van der Waals surface area (Å²) in [6.07, 6.45) is 0.913. The third-order valence-corrected chi connectivity index (χ3v) is 6.77. The van der Waals surface area contributed by atoms with Crippen molar-refractivity contribution in [2.24, 2.45) is 11.8 Å². The SMILES string of the molecule is O=C(O)C1CCS(=O)(=O)C1.O=S1(=O)CCC(CO)C1. The molecule has 2 fully saturated rings. The van der Waals surface area contributed by atoms with Gasteiger partial charge in [-0.15, -0.1) is 0 Å². The zero-order valence-corrected chi connectivity index (χ0v) is 12.0. The molecule has 2 aliphatic rings. The third kappa shape index (κ3) is 5.45. The average Bonchev–Trinajstić information content (AvgIpc) is 2.82. The van der Waals surface area contributed by atoms with Crippen LogP contribution in [0.15, 0.2) is 0 Å². The smallest absolute Gasteiger partial charge is 0.307 e. The first-order chi connectivity index (χ1) is 8.65. The maximum absolute atomic E-state index is 10.7. The molecule has 2 saturated heterocycles. The van der Waals surface area contributed by atoms with Crippen LogP contribution < -0.4 is 0 Å². The Hall–Kier alpha value is -0.670. The van der Waals surface area contributed by atoms with Gasteiger partial charge < -0.3 is 10.2 Å². The predicted octanol–water partition coefficient (Wildman–Crippen LogP) is -1.08. The number of sulfone groups is 2. The van der Waals surface area contributed by atoms with Crippen molar-refractivity contribution in [2.45, 2.75) is 12.8 Å². The summed E-state index contributed by atoms with van der Waals surface area (Å²) in [5.41, 5.74) is 0. The molecule has 2 heterocycles. The van der Waals surface area contributed by atoms with Crippen LogP contribution in [0.2, 0.25) is 0 Å².